The number of hydrogen-bond acceptors (Lipinski definition) is 4. The molecule has 30 heavy (non-hydrogen) atoms. The number of nitrogens with one attached hydrogen (secondary N) is 1. The SMILES string of the molecule is O=C(CNC(c1ccccc1)c1ccc(OC(F)F)cc1)N1CCc2sccc2C1. The van der Waals surface area contributed by atoms with E-state index < -0.39 is 6.61 Å². The molecule has 0 aliphatic carbocycles. The highest BCUT2D eigenvalue weighted by Gasteiger charge is 2.23. The normalized spacial score (nSPS) is 14.4. The van der Waals surface area contributed by atoms with Gasteiger partial charge in [0.1, 0.15) is 5.75 Å². The van der Waals surface area contributed by atoms with Crippen LogP contribution in [0, 0.1) is 0 Å². The molecule has 1 amide bonds. The van der Waals surface area contributed by atoms with E-state index in [4.69, 9.17) is 0 Å². The van der Waals surface area contributed by atoms with Crippen LogP contribution in [0.4, 0.5) is 8.78 Å². The van der Waals surface area contributed by atoms with E-state index in [1.165, 1.54) is 22.6 Å². The average molecular weight is 429 g/mol. The van der Waals surface area contributed by atoms with E-state index in [1.54, 1.807) is 23.5 Å². The van der Waals surface area contributed by atoms with Gasteiger partial charge in [0.2, 0.25) is 5.91 Å². The van der Waals surface area contributed by atoms with Gasteiger partial charge in [-0.2, -0.15) is 8.78 Å². The van der Waals surface area contributed by atoms with Crippen molar-refractivity contribution >= 4 is 17.2 Å². The van der Waals surface area contributed by atoms with E-state index in [2.05, 4.69) is 21.5 Å². The van der Waals surface area contributed by atoms with Crippen LogP contribution in [0.1, 0.15) is 27.6 Å². The molecule has 7 heteroatoms. The zero-order valence-electron chi connectivity index (χ0n) is 16.3. The highest BCUT2D eigenvalue weighted by atomic mass is 32.1. The number of carbonyl (C=O) groups excluding carboxylic acids is 1. The summed E-state index contributed by atoms with van der Waals surface area (Å²) in [5, 5.41) is 5.42. The Morgan fingerprint density at radius 3 is 2.53 bits per heavy atom. The summed E-state index contributed by atoms with van der Waals surface area (Å²) in [5.41, 5.74) is 3.09. The largest absolute Gasteiger partial charge is 0.435 e. The lowest BCUT2D eigenvalue weighted by atomic mass is 9.98. The van der Waals surface area contributed by atoms with Gasteiger partial charge in [0.05, 0.1) is 12.6 Å². The van der Waals surface area contributed by atoms with E-state index in [1.807, 2.05) is 35.2 Å². The van der Waals surface area contributed by atoms with Gasteiger partial charge in [0, 0.05) is 18.0 Å². The third-order valence-corrected chi connectivity index (χ3v) is 6.21. The molecule has 1 N–H and O–H groups in total. The minimum Gasteiger partial charge on any atom is -0.435 e. The molecule has 4 nitrogen and oxygen atoms in total. The Morgan fingerprint density at radius 2 is 1.80 bits per heavy atom. The van der Waals surface area contributed by atoms with Crippen LogP contribution in [-0.2, 0) is 17.8 Å². The number of carbonyl (C=O) groups is 1. The zero-order chi connectivity index (χ0) is 20.9. The van der Waals surface area contributed by atoms with Gasteiger partial charge in [-0.25, -0.2) is 0 Å². The van der Waals surface area contributed by atoms with Crippen LogP contribution >= 0.6 is 11.3 Å². The van der Waals surface area contributed by atoms with Gasteiger partial charge in [0.15, 0.2) is 0 Å². The minimum absolute atomic E-state index is 0.0467. The van der Waals surface area contributed by atoms with Gasteiger partial charge < -0.3 is 9.64 Å². The van der Waals surface area contributed by atoms with E-state index in [9.17, 15) is 13.6 Å². The third kappa shape index (κ3) is 4.86. The molecule has 1 aliphatic heterocycles. The highest BCUT2D eigenvalue weighted by molar-refractivity contribution is 7.10. The number of rotatable bonds is 7. The Balaban J connectivity index is 1.46. The van der Waals surface area contributed by atoms with E-state index in [-0.39, 0.29) is 24.2 Å². The van der Waals surface area contributed by atoms with Crippen LogP contribution < -0.4 is 10.1 Å². The predicted molar refractivity (Wildman–Crippen MR) is 113 cm³/mol. The first-order chi connectivity index (χ1) is 14.6. The van der Waals surface area contributed by atoms with E-state index in [0.29, 0.717) is 6.54 Å². The van der Waals surface area contributed by atoms with Crippen molar-refractivity contribution in [1.29, 1.82) is 0 Å². The summed E-state index contributed by atoms with van der Waals surface area (Å²) in [6.07, 6.45) is 0.895. The molecule has 1 aliphatic rings. The van der Waals surface area contributed by atoms with Crippen molar-refractivity contribution in [2.75, 3.05) is 13.1 Å². The number of ether oxygens (including phenoxy) is 1. The first kappa shape index (κ1) is 20.5. The van der Waals surface area contributed by atoms with Crippen LogP contribution in [0.3, 0.4) is 0 Å². The Hall–Kier alpha value is -2.77. The van der Waals surface area contributed by atoms with Crippen LogP contribution in [0.25, 0.3) is 0 Å². The molecule has 0 saturated carbocycles. The van der Waals surface area contributed by atoms with Crippen LogP contribution in [0.5, 0.6) is 5.75 Å². The average Bonchev–Trinajstić information content (AvgIpc) is 3.23. The fourth-order valence-electron chi connectivity index (χ4n) is 3.68. The zero-order valence-corrected chi connectivity index (χ0v) is 17.1. The molecule has 3 aromatic rings. The Bertz CT molecular complexity index is 976. The predicted octanol–water partition coefficient (Wildman–Crippen LogP) is 4.61. The fourth-order valence-corrected chi connectivity index (χ4v) is 4.57. The summed E-state index contributed by atoms with van der Waals surface area (Å²) in [7, 11) is 0. The number of benzene rings is 2. The van der Waals surface area contributed by atoms with Gasteiger partial charge >= 0.3 is 6.61 Å². The molecular weight excluding hydrogens is 406 g/mol. The van der Waals surface area contributed by atoms with E-state index in [0.717, 1.165) is 24.1 Å². The molecule has 4 rings (SSSR count). The van der Waals surface area contributed by atoms with E-state index >= 15 is 0 Å². The molecule has 0 spiro atoms. The Morgan fingerprint density at radius 1 is 1.07 bits per heavy atom. The summed E-state index contributed by atoms with van der Waals surface area (Å²) in [4.78, 5) is 16.1. The Labute approximate surface area is 178 Å². The van der Waals surface area contributed by atoms with Crippen LogP contribution in [-0.4, -0.2) is 30.5 Å². The lowest BCUT2D eigenvalue weighted by Gasteiger charge is -2.28. The molecule has 1 aromatic heterocycles. The number of halogens is 2. The maximum Gasteiger partial charge on any atom is 0.387 e. The second-order valence-corrected chi connectivity index (χ2v) is 8.11. The van der Waals surface area contributed by atoms with Crippen LogP contribution in [0.15, 0.2) is 66.0 Å². The van der Waals surface area contributed by atoms with Crippen LogP contribution in [0.2, 0.25) is 0 Å². The van der Waals surface area contributed by atoms with Crippen molar-refractivity contribution in [1.82, 2.24) is 10.2 Å². The molecule has 0 saturated heterocycles. The number of thiophene rings is 1. The summed E-state index contributed by atoms with van der Waals surface area (Å²) in [6, 6.07) is 18.1. The van der Waals surface area contributed by atoms with Crippen molar-refractivity contribution in [2.24, 2.45) is 0 Å². The molecule has 1 unspecified atom stereocenters. The molecule has 0 radical (unpaired) electrons. The summed E-state index contributed by atoms with van der Waals surface area (Å²) in [6.45, 7) is -1.29. The topological polar surface area (TPSA) is 41.6 Å². The number of hydrogen-bond donors (Lipinski definition) is 1. The van der Waals surface area contributed by atoms with Crippen molar-refractivity contribution in [3.05, 3.63) is 87.6 Å². The first-order valence-corrected chi connectivity index (χ1v) is 10.6. The van der Waals surface area contributed by atoms with Crippen molar-refractivity contribution in [3.63, 3.8) is 0 Å². The van der Waals surface area contributed by atoms with Crippen molar-refractivity contribution in [2.45, 2.75) is 25.6 Å². The minimum atomic E-state index is -2.86. The summed E-state index contributed by atoms with van der Waals surface area (Å²) >= 11 is 1.75. The maximum atomic E-state index is 12.8. The molecular formula is C23H22F2N2O2S. The second kappa shape index (κ2) is 9.36. The molecule has 2 heterocycles. The van der Waals surface area contributed by atoms with Gasteiger partial charge in [-0.15, -0.1) is 11.3 Å². The third-order valence-electron chi connectivity index (χ3n) is 5.19. The maximum absolute atomic E-state index is 12.8. The summed E-state index contributed by atoms with van der Waals surface area (Å²) in [5.74, 6) is 0.155. The van der Waals surface area contributed by atoms with Gasteiger partial charge in [0.25, 0.3) is 0 Å². The van der Waals surface area contributed by atoms with Gasteiger partial charge in [-0.1, -0.05) is 42.5 Å². The highest BCUT2D eigenvalue weighted by Crippen LogP contribution is 2.26. The first-order valence-electron chi connectivity index (χ1n) is 9.76. The number of nitrogens with zero attached hydrogens (tertiary/aromatic N) is 1. The standard InChI is InChI=1S/C23H22F2N2O2S/c24-23(25)29-19-8-6-17(7-9-19)22(16-4-2-1-3-5-16)26-14-21(28)27-12-10-20-18(15-27)11-13-30-20/h1-9,11,13,22-23,26H,10,12,14-15H2. The molecule has 2 aromatic carbocycles. The molecule has 1 atom stereocenters. The second-order valence-electron chi connectivity index (χ2n) is 7.11. The molecule has 0 bridgehead atoms. The lowest BCUT2D eigenvalue weighted by Crippen LogP contribution is -2.41. The monoisotopic (exact) mass is 428 g/mol. The fraction of sp³-hybridized carbons (Fsp3) is 0.261. The summed E-state index contributed by atoms with van der Waals surface area (Å²) < 4.78 is 29.3. The number of fused-ring (bicyclic) bond motifs is 1. The molecule has 0 fully saturated rings. The van der Waals surface area contributed by atoms with Gasteiger partial charge in [-0.05, 0) is 46.7 Å². The lowest BCUT2D eigenvalue weighted by molar-refractivity contribution is -0.131. The quantitative estimate of drug-likeness (QED) is 0.597. The van der Waals surface area contributed by atoms with Crippen molar-refractivity contribution < 1.29 is 18.3 Å². The smallest absolute Gasteiger partial charge is 0.387 e. The van der Waals surface area contributed by atoms with Crippen molar-refractivity contribution in [3.8, 4) is 5.75 Å². The molecule has 156 valence electrons. The number of amides is 1. The Kier molecular flexibility index (Phi) is 6.40. The van der Waals surface area contributed by atoms with Gasteiger partial charge in [-0.3, -0.25) is 10.1 Å². The number of alkyl halides is 2.